The number of para-hydroxylation sites is 1. The molecule has 4 nitrogen and oxygen atoms in total. The van der Waals surface area contributed by atoms with Crippen molar-refractivity contribution in [1.29, 1.82) is 0 Å². The highest BCUT2D eigenvalue weighted by Crippen LogP contribution is 2.22. The number of aromatic amines is 1. The molecule has 4 aromatic rings. The fourth-order valence-electron chi connectivity index (χ4n) is 2.10. The van der Waals surface area contributed by atoms with E-state index in [9.17, 15) is 0 Å². The molecule has 0 saturated heterocycles. The van der Waals surface area contributed by atoms with Crippen LogP contribution in [-0.4, -0.2) is 19.6 Å². The fraction of sp³-hybridized carbons (Fsp3) is 0. The van der Waals surface area contributed by atoms with Gasteiger partial charge < -0.3 is 0 Å². The first-order valence-corrected chi connectivity index (χ1v) is 7.08. The summed E-state index contributed by atoms with van der Waals surface area (Å²) in [4.78, 5) is 9.06. The van der Waals surface area contributed by atoms with E-state index in [4.69, 9.17) is 12.2 Å². The quantitative estimate of drug-likeness (QED) is 0.542. The van der Waals surface area contributed by atoms with E-state index in [0.29, 0.717) is 4.77 Å². The Morgan fingerprint density at radius 3 is 2.89 bits per heavy atom. The lowest BCUT2D eigenvalue weighted by molar-refractivity contribution is 0.919. The molecule has 1 aromatic carbocycles. The number of H-pyrrole nitrogens is 1. The van der Waals surface area contributed by atoms with Gasteiger partial charge >= 0.3 is 0 Å². The van der Waals surface area contributed by atoms with Crippen molar-refractivity contribution < 1.29 is 0 Å². The van der Waals surface area contributed by atoms with Crippen molar-refractivity contribution in [2.45, 2.75) is 0 Å². The number of hydrogen-bond donors (Lipinski definition) is 1. The van der Waals surface area contributed by atoms with Crippen molar-refractivity contribution in [3.63, 3.8) is 0 Å². The van der Waals surface area contributed by atoms with Gasteiger partial charge in [0.2, 0.25) is 4.77 Å². The Balaban J connectivity index is 2.16. The largest absolute Gasteiger partial charge is 0.273 e. The van der Waals surface area contributed by atoms with E-state index in [-0.39, 0.29) is 0 Å². The van der Waals surface area contributed by atoms with E-state index < -0.39 is 0 Å². The second-order valence-electron chi connectivity index (χ2n) is 4.15. The molecule has 0 spiro atoms. The molecule has 19 heavy (non-hydrogen) atoms. The minimum atomic E-state index is 0.489. The van der Waals surface area contributed by atoms with Crippen LogP contribution in [0.5, 0.6) is 0 Å². The molecule has 0 aliphatic carbocycles. The van der Waals surface area contributed by atoms with Crippen LogP contribution in [0.2, 0.25) is 0 Å². The van der Waals surface area contributed by atoms with Gasteiger partial charge in [0.25, 0.3) is 0 Å². The summed E-state index contributed by atoms with van der Waals surface area (Å²) < 4.78 is 2.24. The monoisotopic (exact) mass is 284 g/mol. The van der Waals surface area contributed by atoms with Gasteiger partial charge in [-0.05, 0) is 35.8 Å². The summed E-state index contributed by atoms with van der Waals surface area (Å²) in [6.45, 7) is 0. The molecule has 4 rings (SSSR count). The second-order valence-corrected chi connectivity index (χ2v) is 5.30. The minimum Gasteiger partial charge on any atom is -0.273 e. The highest BCUT2D eigenvalue weighted by molar-refractivity contribution is 7.71. The minimum absolute atomic E-state index is 0.489. The SMILES string of the molecule is S=c1nc2ccccc2c2nc(-c3ccsc3)[nH]n12. The van der Waals surface area contributed by atoms with Gasteiger partial charge in [-0.25, -0.2) is 14.5 Å². The van der Waals surface area contributed by atoms with E-state index in [1.807, 2.05) is 35.7 Å². The number of fused-ring (bicyclic) bond motifs is 3. The van der Waals surface area contributed by atoms with Crippen LogP contribution in [0.25, 0.3) is 27.9 Å². The zero-order chi connectivity index (χ0) is 12.8. The molecule has 0 radical (unpaired) electrons. The van der Waals surface area contributed by atoms with Crippen molar-refractivity contribution in [2.24, 2.45) is 0 Å². The van der Waals surface area contributed by atoms with Crippen LogP contribution < -0.4 is 0 Å². The average molecular weight is 284 g/mol. The maximum Gasteiger partial charge on any atom is 0.221 e. The van der Waals surface area contributed by atoms with Gasteiger partial charge in [-0.3, -0.25) is 5.10 Å². The molecule has 0 saturated carbocycles. The molecule has 3 heterocycles. The topological polar surface area (TPSA) is 46.0 Å². The molecule has 1 N–H and O–H groups in total. The molecule has 3 aromatic heterocycles. The van der Waals surface area contributed by atoms with Crippen LogP contribution in [0.1, 0.15) is 0 Å². The van der Waals surface area contributed by atoms with Crippen molar-refractivity contribution in [2.75, 3.05) is 0 Å². The molecule has 0 aliphatic rings. The molecule has 0 atom stereocenters. The summed E-state index contributed by atoms with van der Waals surface area (Å²) in [7, 11) is 0. The zero-order valence-electron chi connectivity index (χ0n) is 9.70. The highest BCUT2D eigenvalue weighted by Gasteiger charge is 2.09. The Bertz CT molecular complexity index is 934. The second kappa shape index (κ2) is 3.97. The smallest absolute Gasteiger partial charge is 0.221 e. The summed E-state index contributed by atoms with van der Waals surface area (Å²) >= 11 is 6.95. The Morgan fingerprint density at radius 1 is 1.16 bits per heavy atom. The summed E-state index contributed by atoms with van der Waals surface area (Å²) in [5.74, 6) is 0.811. The lowest BCUT2D eigenvalue weighted by Gasteiger charge is -1.97. The van der Waals surface area contributed by atoms with Gasteiger partial charge in [-0.1, -0.05) is 12.1 Å². The summed E-state index contributed by atoms with van der Waals surface area (Å²) in [6, 6.07) is 9.91. The third-order valence-corrected chi connectivity index (χ3v) is 3.95. The summed E-state index contributed by atoms with van der Waals surface area (Å²) in [5, 5.41) is 8.28. The van der Waals surface area contributed by atoms with Gasteiger partial charge in [0.05, 0.1) is 5.52 Å². The number of nitrogens with zero attached hydrogens (tertiary/aromatic N) is 3. The van der Waals surface area contributed by atoms with Crippen molar-refractivity contribution in [3.05, 3.63) is 45.9 Å². The van der Waals surface area contributed by atoms with Gasteiger partial charge in [0.15, 0.2) is 11.5 Å². The van der Waals surface area contributed by atoms with Crippen LogP contribution in [0, 0.1) is 4.77 Å². The molecular weight excluding hydrogens is 276 g/mol. The Morgan fingerprint density at radius 2 is 2.05 bits per heavy atom. The molecular formula is C13H8N4S2. The maximum atomic E-state index is 5.31. The summed E-state index contributed by atoms with van der Waals surface area (Å²) in [6.07, 6.45) is 0. The fourth-order valence-corrected chi connectivity index (χ4v) is 2.97. The van der Waals surface area contributed by atoms with E-state index in [0.717, 1.165) is 27.9 Å². The Labute approximate surface area is 117 Å². The summed E-state index contributed by atoms with van der Waals surface area (Å²) in [5.41, 5.74) is 2.75. The van der Waals surface area contributed by atoms with E-state index in [1.54, 1.807) is 15.9 Å². The maximum absolute atomic E-state index is 5.31. The first-order chi connectivity index (χ1) is 9.33. The van der Waals surface area contributed by atoms with E-state index >= 15 is 0 Å². The number of thiophene rings is 1. The van der Waals surface area contributed by atoms with Gasteiger partial charge in [-0.15, -0.1) is 0 Å². The number of rotatable bonds is 1. The van der Waals surface area contributed by atoms with Crippen molar-refractivity contribution >= 4 is 40.1 Å². The number of nitrogens with one attached hydrogen (secondary N) is 1. The van der Waals surface area contributed by atoms with Crippen LogP contribution in [0.3, 0.4) is 0 Å². The van der Waals surface area contributed by atoms with Crippen molar-refractivity contribution in [3.8, 4) is 11.4 Å². The van der Waals surface area contributed by atoms with E-state index in [1.165, 1.54) is 0 Å². The molecule has 0 unspecified atom stereocenters. The van der Waals surface area contributed by atoms with Gasteiger partial charge in [0, 0.05) is 16.3 Å². The Hall–Kier alpha value is -2.05. The predicted octanol–water partition coefficient (Wildman–Crippen LogP) is 3.67. The highest BCUT2D eigenvalue weighted by atomic mass is 32.1. The van der Waals surface area contributed by atoms with Crippen LogP contribution in [0.15, 0.2) is 41.1 Å². The predicted molar refractivity (Wildman–Crippen MR) is 79.0 cm³/mol. The number of aromatic nitrogens is 4. The molecule has 0 fully saturated rings. The molecule has 0 aliphatic heterocycles. The number of hydrogen-bond acceptors (Lipinski definition) is 4. The van der Waals surface area contributed by atoms with Gasteiger partial charge in [-0.2, -0.15) is 11.3 Å². The third-order valence-electron chi connectivity index (χ3n) is 2.99. The first kappa shape index (κ1) is 10.8. The third kappa shape index (κ3) is 1.61. The average Bonchev–Trinajstić information content (AvgIpc) is 3.08. The lowest BCUT2D eigenvalue weighted by atomic mass is 10.2. The van der Waals surface area contributed by atoms with Gasteiger partial charge in [0.1, 0.15) is 0 Å². The Kier molecular flexibility index (Phi) is 2.27. The first-order valence-electron chi connectivity index (χ1n) is 5.73. The van der Waals surface area contributed by atoms with Crippen molar-refractivity contribution in [1.82, 2.24) is 19.6 Å². The van der Waals surface area contributed by atoms with Crippen LogP contribution in [-0.2, 0) is 0 Å². The molecule has 92 valence electrons. The molecule has 0 amide bonds. The normalized spacial score (nSPS) is 11.4. The molecule has 6 heteroatoms. The zero-order valence-corrected chi connectivity index (χ0v) is 11.3. The number of benzene rings is 1. The lowest BCUT2D eigenvalue weighted by Crippen LogP contribution is -1.94. The standard InChI is InChI=1S/C13H8N4S2/c18-13-14-10-4-2-1-3-9(10)12-15-11(16-17(12)13)8-5-6-19-7-8/h1-7H,(H,15,16). The van der Waals surface area contributed by atoms with Crippen LogP contribution in [0.4, 0.5) is 0 Å². The van der Waals surface area contributed by atoms with Crippen LogP contribution >= 0.6 is 23.6 Å². The molecule has 0 bridgehead atoms. The van der Waals surface area contributed by atoms with E-state index in [2.05, 4.69) is 20.4 Å².